The van der Waals surface area contributed by atoms with E-state index in [2.05, 4.69) is 0 Å². The van der Waals surface area contributed by atoms with Crippen LogP contribution >= 0.6 is 0 Å². The highest BCUT2D eigenvalue weighted by atomic mass is 16.5. The number of hydrogen-bond acceptors (Lipinski definition) is 7. The van der Waals surface area contributed by atoms with Crippen LogP contribution in [0.4, 0.5) is 0 Å². The monoisotopic (exact) mass is 339 g/mol. The fourth-order valence-corrected chi connectivity index (χ4v) is 2.37. The van der Waals surface area contributed by atoms with Gasteiger partial charge in [0.15, 0.2) is 18.1 Å². The van der Waals surface area contributed by atoms with E-state index in [0.29, 0.717) is 32.1 Å². The van der Waals surface area contributed by atoms with E-state index in [1.807, 2.05) is 0 Å². The Morgan fingerprint density at radius 1 is 1.04 bits per heavy atom. The highest BCUT2D eigenvalue weighted by molar-refractivity contribution is 5.95. The molecule has 0 aliphatic carbocycles. The third kappa shape index (κ3) is 3.88. The molecular formula is C16H21NO7. The van der Waals surface area contributed by atoms with E-state index >= 15 is 0 Å². The molecule has 0 aromatic heterocycles. The van der Waals surface area contributed by atoms with Crippen molar-refractivity contribution in [3.8, 4) is 17.2 Å². The zero-order valence-corrected chi connectivity index (χ0v) is 14.0. The summed E-state index contributed by atoms with van der Waals surface area (Å²) in [7, 11) is 4.33. The van der Waals surface area contributed by atoms with E-state index in [4.69, 9.17) is 23.7 Å². The molecule has 8 heteroatoms. The van der Waals surface area contributed by atoms with Crippen LogP contribution in [0, 0.1) is 0 Å². The molecule has 1 aromatic rings. The lowest BCUT2D eigenvalue weighted by atomic mass is 10.1. The molecule has 0 spiro atoms. The average molecular weight is 339 g/mol. The minimum absolute atomic E-state index is 0.157. The molecule has 0 atom stereocenters. The molecule has 1 aliphatic heterocycles. The topological polar surface area (TPSA) is 83.5 Å². The Morgan fingerprint density at radius 2 is 1.71 bits per heavy atom. The van der Waals surface area contributed by atoms with Crippen molar-refractivity contribution in [2.24, 2.45) is 0 Å². The highest BCUT2D eigenvalue weighted by Gasteiger charge is 2.23. The summed E-state index contributed by atoms with van der Waals surface area (Å²) in [5.41, 5.74) is 0.157. The Kier molecular flexibility index (Phi) is 6.25. The summed E-state index contributed by atoms with van der Waals surface area (Å²) in [6.45, 7) is 1.63. The number of methoxy groups -OCH3 is 3. The first-order valence-corrected chi connectivity index (χ1v) is 7.44. The van der Waals surface area contributed by atoms with Crippen LogP contribution in [0.2, 0.25) is 0 Å². The molecule has 0 N–H and O–H groups in total. The number of esters is 1. The Labute approximate surface area is 140 Å². The van der Waals surface area contributed by atoms with Crippen LogP contribution in [0.1, 0.15) is 10.4 Å². The van der Waals surface area contributed by atoms with Gasteiger partial charge in [0, 0.05) is 13.1 Å². The molecule has 132 valence electrons. The zero-order valence-electron chi connectivity index (χ0n) is 14.0. The smallest absolute Gasteiger partial charge is 0.342 e. The third-order valence-corrected chi connectivity index (χ3v) is 3.61. The number of carbonyl (C=O) groups excluding carboxylic acids is 2. The predicted molar refractivity (Wildman–Crippen MR) is 83.8 cm³/mol. The molecule has 2 rings (SSSR count). The first-order valence-electron chi connectivity index (χ1n) is 7.44. The van der Waals surface area contributed by atoms with Crippen LogP contribution in [0.3, 0.4) is 0 Å². The molecule has 0 saturated carbocycles. The minimum Gasteiger partial charge on any atom is -0.493 e. The van der Waals surface area contributed by atoms with Crippen LogP contribution in [-0.2, 0) is 14.3 Å². The molecule has 1 fully saturated rings. The second-order valence-corrected chi connectivity index (χ2v) is 4.95. The minimum atomic E-state index is -0.672. The number of morpholine rings is 1. The van der Waals surface area contributed by atoms with Gasteiger partial charge in [-0.3, -0.25) is 4.79 Å². The van der Waals surface area contributed by atoms with Crippen molar-refractivity contribution in [2.45, 2.75) is 0 Å². The van der Waals surface area contributed by atoms with Gasteiger partial charge in [-0.05, 0) is 12.1 Å². The summed E-state index contributed by atoms with van der Waals surface area (Å²) in [4.78, 5) is 25.9. The number of rotatable bonds is 6. The van der Waals surface area contributed by atoms with Gasteiger partial charge in [-0.1, -0.05) is 0 Å². The van der Waals surface area contributed by atoms with Crippen molar-refractivity contribution in [2.75, 3.05) is 54.2 Å². The predicted octanol–water partition coefficient (Wildman–Crippen LogP) is 0.728. The van der Waals surface area contributed by atoms with Crippen molar-refractivity contribution in [3.05, 3.63) is 17.7 Å². The van der Waals surface area contributed by atoms with Crippen molar-refractivity contribution in [1.29, 1.82) is 0 Å². The lowest BCUT2D eigenvalue weighted by molar-refractivity contribution is -0.138. The molecule has 1 amide bonds. The normalized spacial score (nSPS) is 14.0. The molecule has 0 radical (unpaired) electrons. The molecule has 1 aromatic carbocycles. The summed E-state index contributed by atoms with van der Waals surface area (Å²) in [5.74, 6) is -0.0228. The lowest BCUT2D eigenvalue weighted by Gasteiger charge is -2.26. The molecule has 0 unspecified atom stereocenters. The second kappa shape index (κ2) is 8.39. The van der Waals surface area contributed by atoms with Crippen molar-refractivity contribution in [3.63, 3.8) is 0 Å². The van der Waals surface area contributed by atoms with Crippen LogP contribution < -0.4 is 14.2 Å². The van der Waals surface area contributed by atoms with E-state index in [1.54, 1.807) is 11.0 Å². The van der Waals surface area contributed by atoms with Gasteiger partial charge in [-0.2, -0.15) is 0 Å². The van der Waals surface area contributed by atoms with E-state index in [-0.39, 0.29) is 29.6 Å². The largest absolute Gasteiger partial charge is 0.493 e. The van der Waals surface area contributed by atoms with Gasteiger partial charge in [0.25, 0.3) is 5.91 Å². The van der Waals surface area contributed by atoms with E-state index in [0.717, 1.165) is 0 Å². The summed E-state index contributed by atoms with van der Waals surface area (Å²) in [5, 5.41) is 0. The summed E-state index contributed by atoms with van der Waals surface area (Å²) >= 11 is 0. The van der Waals surface area contributed by atoms with Crippen molar-refractivity contribution >= 4 is 11.9 Å². The van der Waals surface area contributed by atoms with Crippen LogP contribution in [-0.4, -0.2) is 71.0 Å². The highest BCUT2D eigenvalue weighted by Crippen LogP contribution is 2.39. The fraction of sp³-hybridized carbons (Fsp3) is 0.500. The number of hydrogen-bond donors (Lipinski definition) is 0. The van der Waals surface area contributed by atoms with Gasteiger partial charge in [-0.25, -0.2) is 4.79 Å². The fourth-order valence-electron chi connectivity index (χ4n) is 2.37. The number of carbonyl (C=O) groups is 2. The number of benzene rings is 1. The van der Waals surface area contributed by atoms with Gasteiger partial charge in [0.2, 0.25) is 5.75 Å². The Morgan fingerprint density at radius 3 is 2.29 bits per heavy atom. The van der Waals surface area contributed by atoms with Gasteiger partial charge >= 0.3 is 5.97 Å². The van der Waals surface area contributed by atoms with E-state index < -0.39 is 5.97 Å². The number of ether oxygens (including phenoxy) is 5. The second-order valence-electron chi connectivity index (χ2n) is 4.95. The maximum atomic E-state index is 12.3. The summed E-state index contributed by atoms with van der Waals surface area (Å²) in [6.07, 6.45) is 0. The molecule has 1 heterocycles. The zero-order chi connectivity index (χ0) is 17.5. The Balaban J connectivity index is 2.07. The van der Waals surface area contributed by atoms with Gasteiger partial charge < -0.3 is 28.6 Å². The molecule has 0 bridgehead atoms. The van der Waals surface area contributed by atoms with Gasteiger partial charge in [-0.15, -0.1) is 0 Å². The summed E-state index contributed by atoms with van der Waals surface area (Å²) in [6, 6.07) is 3.07. The van der Waals surface area contributed by atoms with Crippen LogP contribution in [0.5, 0.6) is 17.2 Å². The molecule has 1 saturated heterocycles. The molecule has 8 nitrogen and oxygen atoms in total. The SMILES string of the molecule is COc1ccc(C(=O)OCC(=O)N2CCOCC2)c(OC)c1OC. The maximum Gasteiger partial charge on any atom is 0.342 e. The maximum absolute atomic E-state index is 12.3. The standard InChI is InChI=1S/C16H21NO7/c1-20-12-5-4-11(14(21-2)15(12)22-3)16(19)24-10-13(18)17-6-8-23-9-7-17/h4-5H,6-10H2,1-3H3. The number of amides is 1. The Bertz CT molecular complexity index is 596. The van der Waals surface area contributed by atoms with Crippen molar-refractivity contribution in [1.82, 2.24) is 4.90 Å². The first kappa shape index (κ1) is 17.9. The third-order valence-electron chi connectivity index (χ3n) is 3.61. The van der Waals surface area contributed by atoms with E-state index in [9.17, 15) is 9.59 Å². The van der Waals surface area contributed by atoms with E-state index in [1.165, 1.54) is 27.4 Å². The first-order chi connectivity index (χ1) is 11.6. The van der Waals surface area contributed by atoms with Crippen LogP contribution in [0.25, 0.3) is 0 Å². The molecular weight excluding hydrogens is 318 g/mol. The molecule has 24 heavy (non-hydrogen) atoms. The Hall–Kier alpha value is -2.48. The average Bonchev–Trinajstić information content (AvgIpc) is 2.64. The van der Waals surface area contributed by atoms with Gasteiger partial charge in [0.1, 0.15) is 5.56 Å². The van der Waals surface area contributed by atoms with Crippen LogP contribution in [0.15, 0.2) is 12.1 Å². The van der Waals surface area contributed by atoms with Gasteiger partial charge in [0.05, 0.1) is 34.5 Å². The summed E-state index contributed by atoms with van der Waals surface area (Å²) < 4.78 is 25.9. The number of nitrogens with zero attached hydrogens (tertiary/aromatic N) is 1. The quantitative estimate of drug-likeness (QED) is 0.706. The molecule has 1 aliphatic rings. The van der Waals surface area contributed by atoms with Crippen molar-refractivity contribution < 1.29 is 33.3 Å². The lowest BCUT2D eigenvalue weighted by Crippen LogP contribution is -2.42.